The number of para-hydroxylation sites is 1. The number of hydrogen-bond donors (Lipinski definition) is 1. The van der Waals surface area contributed by atoms with E-state index in [1.165, 1.54) is 5.57 Å². The number of amides is 1. The van der Waals surface area contributed by atoms with Crippen LogP contribution in [-0.2, 0) is 0 Å². The molecule has 3 nitrogen and oxygen atoms in total. The summed E-state index contributed by atoms with van der Waals surface area (Å²) in [5.74, 6) is -0.217. The van der Waals surface area contributed by atoms with Gasteiger partial charge in [0, 0.05) is 15.6 Å². The number of halogens is 1. The van der Waals surface area contributed by atoms with Crippen LogP contribution in [0.4, 0.5) is 5.69 Å². The summed E-state index contributed by atoms with van der Waals surface area (Å²) in [5.41, 5.74) is 3.57. The van der Waals surface area contributed by atoms with Crippen LogP contribution in [0.3, 0.4) is 0 Å². The summed E-state index contributed by atoms with van der Waals surface area (Å²) in [6.45, 7) is 6.27. The molecule has 25 heavy (non-hydrogen) atoms. The van der Waals surface area contributed by atoms with E-state index in [4.69, 9.17) is 12.2 Å². The summed E-state index contributed by atoms with van der Waals surface area (Å²) in [7, 11) is 0. The minimum atomic E-state index is -0.333. The number of carbonyl (C=O) groups is 1. The van der Waals surface area contributed by atoms with E-state index >= 15 is 0 Å². The smallest absolute Gasteiger partial charge is 0.257 e. The Bertz CT molecular complexity index is 889. The zero-order valence-corrected chi connectivity index (χ0v) is 16.7. The summed E-state index contributed by atoms with van der Waals surface area (Å²) >= 11 is 8.99. The van der Waals surface area contributed by atoms with Crippen molar-refractivity contribution in [3.05, 3.63) is 70.2 Å². The quantitative estimate of drug-likeness (QED) is 0.653. The Balaban J connectivity index is 1.92. The highest BCUT2D eigenvalue weighted by atomic mass is 79.9. The van der Waals surface area contributed by atoms with Crippen LogP contribution < -0.4 is 10.2 Å². The van der Waals surface area contributed by atoms with Crippen molar-refractivity contribution >= 4 is 50.4 Å². The van der Waals surface area contributed by atoms with Crippen molar-refractivity contribution in [2.45, 2.75) is 26.3 Å². The molecule has 0 fully saturated rings. The molecule has 128 valence electrons. The molecule has 0 aromatic heterocycles. The predicted molar refractivity (Wildman–Crippen MR) is 111 cm³/mol. The predicted octanol–water partition coefficient (Wildman–Crippen LogP) is 5.17. The van der Waals surface area contributed by atoms with Gasteiger partial charge in [0.15, 0.2) is 5.11 Å². The SMILES string of the molecule is CC1=CC(C)(C)N(C(=S)NC(=O)c2cccc(Br)c2)c2ccccc21. The molecule has 0 spiro atoms. The Morgan fingerprint density at radius 3 is 2.60 bits per heavy atom. The maximum absolute atomic E-state index is 12.6. The van der Waals surface area contributed by atoms with E-state index in [2.05, 4.69) is 54.2 Å². The molecule has 0 saturated heterocycles. The lowest BCUT2D eigenvalue weighted by Gasteiger charge is -2.42. The maximum atomic E-state index is 12.6. The molecule has 1 amide bonds. The molecule has 0 aliphatic carbocycles. The molecule has 3 rings (SSSR count). The minimum absolute atomic E-state index is 0.217. The van der Waals surface area contributed by atoms with Gasteiger partial charge in [0.25, 0.3) is 5.91 Å². The molecule has 2 aromatic carbocycles. The number of allylic oxidation sites excluding steroid dienone is 1. The molecule has 1 heterocycles. The van der Waals surface area contributed by atoms with Crippen LogP contribution >= 0.6 is 28.1 Å². The van der Waals surface area contributed by atoms with Crippen LogP contribution in [0.5, 0.6) is 0 Å². The molecule has 1 aliphatic heterocycles. The average Bonchev–Trinajstić information content (AvgIpc) is 2.54. The summed E-state index contributed by atoms with van der Waals surface area (Å²) < 4.78 is 0.855. The molecule has 0 atom stereocenters. The molecular formula is C20H19BrN2OS. The number of fused-ring (bicyclic) bond motifs is 1. The van der Waals surface area contributed by atoms with Gasteiger partial charge in [0.2, 0.25) is 0 Å². The Labute approximate surface area is 161 Å². The number of thiocarbonyl (C=S) groups is 1. The van der Waals surface area contributed by atoms with E-state index in [1.807, 2.05) is 35.2 Å². The molecule has 2 aromatic rings. The van der Waals surface area contributed by atoms with Crippen LogP contribution in [0, 0.1) is 0 Å². The average molecular weight is 415 g/mol. The molecule has 1 N–H and O–H groups in total. The number of anilines is 1. The lowest BCUT2D eigenvalue weighted by molar-refractivity contribution is 0.0977. The van der Waals surface area contributed by atoms with E-state index in [-0.39, 0.29) is 11.4 Å². The molecular weight excluding hydrogens is 396 g/mol. The number of hydrogen-bond acceptors (Lipinski definition) is 2. The van der Waals surface area contributed by atoms with Crippen LogP contribution in [-0.4, -0.2) is 16.6 Å². The fraction of sp³-hybridized carbons (Fsp3) is 0.200. The third kappa shape index (κ3) is 3.53. The first-order valence-corrected chi connectivity index (χ1v) is 9.20. The van der Waals surface area contributed by atoms with Gasteiger partial charge in [-0.15, -0.1) is 0 Å². The molecule has 0 radical (unpaired) electrons. The highest BCUT2D eigenvalue weighted by Gasteiger charge is 2.34. The summed E-state index contributed by atoms with van der Waals surface area (Å²) in [5, 5.41) is 3.27. The highest BCUT2D eigenvalue weighted by Crippen LogP contribution is 2.38. The van der Waals surface area contributed by atoms with Crippen molar-refractivity contribution in [3.8, 4) is 0 Å². The van der Waals surface area contributed by atoms with Crippen molar-refractivity contribution in [2.75, 3.05) is 4.90 Å². The van der Waals surface area contributed by atoms with Gasteiger partial charge in [0.1, 0.15) is 0 Å². The second-order valence-electron chi connectivity index (χ2n) is 6.60. The fourth-order valence-corrected chi connectivity index (χ4v) is 4.04. The number of benzene rings is 2. The van der Waals surface area contributed by atoms with Crippen molar-refractivity contribution in [1.29, 1.82) is 0 Å². The first kappa shape index (κ1) is 17.8. The van der Waals surface area contributed by atoms with Crippen molar-refractivity contribution in [1.82, 2.24) is 5.32 Å². The number of nitrogens with zero attached hydrogens (tertiary/aromatic N) is 1. The Morgan fingerprint density at radius 1 is 1.16 bits per heavy atom. The lowest BCUT2D eigenvalue weighted by Crippen LogP contribution is -2.54. The van der Waals surface area contributed by atoms with E-state index in [9.17, 15) is 4.79 Å². The van der Waals surface area contributed by atoms with Gasteiger partial charge in [-0.1, -0.05) is 46.3 Å². The zero-order chi connectivity index (χ0) is 18.2. The van der Waals surface area contributed by atoms with E-state index in [1.54, 1.807) is 12.1 Å². The molecule has 5 heteroatoms. The Morgan fingerprint density at radius 2 is 1.88 bits per heavy atom. The second-order valence-corrected chi connectivity index (χ2v) is 7.91. The third-order valence-electron chi connectivity index (χ3n) is 4.23. The molecule has 1 aliphatic rings. The largest absolute Gasteiger partial charge is 0.309 e. The van der Waals surface area contributed by atoms with Gasteiger partial charge in [-0.25, -0.2) is 0 Å². The Hall–Kier alpha value is -1.98. The normalized spacial score (nSPS) is 15.2. The van der Waals surface area contributed by atoms with Gasteiger partial charge in [-0.05, 0) is 62.8 Å². The first-order valence-electron chi connectivity index (χ1n) is 7.99. The highest BCUT2D eigenvalue weighted by molar-refractivity contribution is 9.10. The number of rotatable bonds is 1. The molecule has 0 saturated carbocycles. The monoisotopic (exact) mass is 414 g/mol. The van der Waals surface area contributed by atoms with Gasteiger partial charge < -0.3 is 4.90 Å². The van der Waals surface area contributed by atoms with Gasteiger partial charge in [-0.3, -0.25) is 10.1 Å². The van der Waals surface area contributed by atoms with E-state index < -0.39 is 0 Å². The van der Waals surface area contributed by atoms with Crippen LogP contribution in [0.2, 0.25) is 0 Å². The fourth-order valence-electron chi connectivity index (χ4n) is 3.21. The topological polar surface area (TPSA) is 32.3 Å². The van der Waals surface area contributed by atoms with Crippen LogP contribution in [0.15, 0.2) is 59.1 Å². The summed E-state index contributed by atoms with van der Waals surface area (Å²) in [6, 6.07) is 15.3. The lowest BCUT2D eigenvalue weighted by atomic mass is 9.89. The van der Waals surface area contributed by atoms with Crippen LogP contribution in [0.25, 0.3) is 5.57 Å². The zero-order valence-electron chi connectivity index (χ0n) is 14.3. The standard InChI is InChI=1S/C20H19BrN2OS/c1-13-12-20(2,3)23(17-10-5-4-9-16(13)17)19(25)22-18(24)14-7-6-8-15(21)11-14/h4-12H,1-3H3,(H,22,24,25). The third-order valence-corrected chi connectivity index (χ3v) is 5.00. The first-order chi connectivity index (χ1) is 11.8. The summed E-state index contributed by atoms with van der Waals surface area (Å²) in [6.07, 6.45) is 2.17. The Kier molecular flexibility index (Phi) is 4.80. The van der Waals surface area contributed by atoms with Crippen molar-refractivity contribution in [2.24, 2.45) is 0 Å². The van der Waals surface area contributed by atoms with E-state index in [0.717, 1.165) is 15.7 Å². The van der Waals surface area contributed by atoms with Crippen molar-refractivity contribution in [3.63, 3.8) is 0 Å². The molecule has 0 unspecified atom stereocenters. The number of carbonyl (C=O) groups excluding carboxylic acids is 1. The molecule has 0 bridgehead atoms. The van der Waals surface area contributed by atoms with Gasteiger partial charge in [-0.2, -0.15) is 0 Å². The minimum Gasteiger partial charge on any atom is -0.309 e. The van der Waals surface area contributed by atoms with Crippen LogP contribution in [0.1, 0.15) is 36.7 Å². The van der Waals surface area contributed by atoms with Crippen molar-refractivity contribution < 1.29 is 4.79 Å². The maximum Gasteiger partial charge on any atom is 0.257 e. The van der Waals surface area contributed by atoms with Gasteiger partial charge >= 0.3 is 0 Å². The number of nitrogens with one attached hydrogen (secondary N) is 1. The second kappa shape index (κ2) is 6.73. The van der Waals surface area contributed by atoms with E-state index in [0.29, 0.717) is 10.7 Å². The van der Waals surface area contributed by atoms with Gasteiger partial charge in [0.05, 0.1) is 11.2 Å². The summed E-state index contributed by atoms with van der Waals surface area (Å²) in [4.78, 5) is 14.6.